The van der Waals surface area contributed by atoms with Gasteiger partial charge in [0.1, 0.15) is 0 Å². The van der Waals surface area contributed by atoms with Gasteiger partial charge in [0.2, 0.25) is 5.91 Å². The summed E-state index contributed by atoms with van der Waals surface area (Å²) in [7, 11) is 0. The smallest absolute Gasteiger partial charge is 0.407 e. The average Bonchev–Trinajstić information content (AvgIpc) is 2.46. The lowest BCUT2D eigenvalue weighted by Gasteiger charge is -2.07. The number of benzene rings is 1. The second kappa shape index (κ2) is 9.83. The third kappa shape index (κ3) is 7.41. The molecule has 0 aromatic heterocycles. The third-order valence-corrected chi connectivity index (χ3v) is 2.73. The van der Waals surface area contributed by atoms with Crippen molar-refractivity contribution in [2.24, 2.45) is 0 Å². The molecule has 0 bridgehead atoms. The van der Waals surface area contributed by atoms with Crippen molar-refractivity contribution in [1.82, 2.24) is 10.6 Å². The molecule has 0 fully saturated rings. The molecule has 5 nitrogen and oxygen atoms in total. The van der Waals surface area contributed by atoms with Gasteiger partial charge in [-0.2, -0.15) is 0 Å². The zero-order chi connectivity index (χ0) is 14.6. The fraction of sp³-hybridized carbons (Fsp3) is 0.467. The Balaban J connectivity index is 2.00. The second-order valence-corrected chi connectivity index (χ2v) is 4.37. The molecule has 0 atom stereocenters. The number of rotatable bonds is 8. The summed E-state index contributed by atoms with van der Waals surface area (Å²) in [6.07, 6.45) is 2.39. The van der Waals surface area contributed by atoms with Crippen LogP contribution in [0.4, 0.5) is 4.79 Å². The maximum Gasteiger partial charge on any atom is 0.407 e. The first kappa shape index (κ1) is 16.0. The van der Waals surface area contributed by atoms with Gasteiger partial charge in [-0.1, -0.05) is 30.3 Å². The van der Waals surface area contributed by atoms with Gasteiger partial charge in [0.15, 0.2) is 0 Å². The van der Waals surface area contributed by atoms with E-state index in [2.05, 4.69) is 27.5 Å². The number of alkyl carbamates (subject to hydrolysis) is 1. The van der Waals surface area contributed by atoms with Gasteiger partial charge in [0.25, 0.3) is 0 Å². The highest BCUT2D eigenvalue weighted by Crippen LogP contribution is 2.03. The molecule has 0 heterocycles. The number of hydrogen-bond donors (Lipinski definition) is 2. The summed E-state index contributed by atoms with van der Waals surface area (Å²) in [5.74, 6) is -0.197. The van der Waals surface area contributed by atoms with Crippen molar-refractivity contribution in [3.05, 3.63) is 35.9 Å². The van der Waals surface area contributed by atoms with Crippen LogP contribution in [0.15, 0.2) is 30.3 Å². The van der Waals surface area contributed by atoms with Crippen molar-refractivity contribution in [2.45, 2.75) is 26.2 Å². The van der Waals surface area contributed by atoms with Gasteiger partial charge >= 0.3 is 6.09 Å². The van der Waals surface area contributed by atoms with Crippen LogP contribution < -0.4 is 10.6 Å². The minimum Gasteiger partial charge on any atom is -0.450 e. The Morgan fingerprint density at radius 2 is 1.85 bits per heavy atom. The summed E-state index contributed by atoms with van der Waals surface area (Å²) in [6, 6.07) is 10.3. The maximum atomic E-state index is 11.4. The van der Waals surface area contributed by atoms with E-state index in [-0.39, 0.29) is 12.5 Å². The number of carbonyl (C=O) groups is 2. The third-order valence-electron chi connectivity index (χ3n) is 2.73. The molecule has 110 valence electrons. The average molecular weight is 278 g/mol. The fourth-order valence-electron chi connectivity index (χ4n) is 1.72. The highest BCUT2D eigenvalue weighted by molar-refractivity contribution is 5.81. The van der Waals surface area contributed by atoms with Crippen LogP contribution in [0.3, 0.4) is 0 Å². The molecule has 2 amide bonds. The van der Waals surface area contributed by atoms with Crippen LogP contribution in [-0.2, 0) is 16.0 Å². The molecule has 0 spiro atoms. The highest BCUT2D eigenvalue weighted by Gasteiger charge is 2.04. The summed E-state index contributed by atoms with van der Waals surface area (Å²) in [6.45, 7) is 2.59. The van der Waals surface area contributed by atoms with E-state index in [0.717, 1.165) is 19.3 Å². The Bertz CT molecular complexity index is 407. The van der Waals surface area contributed by atoms with E-state index in [4.69, 9.17) is 0 Å². The van der Waals surface area contributed by atoms with Crippen molar-refractivity contribution in [2.75, 3.05) is 19.7 Å². The standard InChI is InChI=1S/C15H22N2O3/c1-2-20-15(19)17-12-14(18)16-11-7-6-10-13-8-4-3-5-9-13/h3-5,8-9H,2,6-7,10-12H2,1H3,(H,16,18)(H,17,19). The molecular formula is C15H22N2O3. The SMILES string of the molecule is CCOC(=O)NCC(=O)NCCCCc1ccccc1. The number of aryl methyl sites for hydroxylation is 1. The Kier molecular flexibility index (Phi) is 7.87. The van der Waals surface area contributed by atoms with Crippen LogP contribution in [0.25, 0.3) is 0 Å². The molecule has 2 N–H and O–H groups in total. The van der Waals surface area contributed by atoms with Gasteiger partial charge < -0.3 is 15.4 Å². The predicted molar refractivity (Wildman–Crippen MR) is 77.4 cm³/mol. The summed E-state index contributed by atoms with van der Waals surface area (Å²) < 4.78 is 4.65. The van der Waals surface area contributed by atoms with E-state index in [0.29, 0.717) is 13.2 Å². The van der Waals surface area contributed by atoms with Crippen LogP contribution in [0.5, 0.6) is 0 Å². The molecule has 0 aliphatic rings. The predicted octanol–water partition coefficient (Wildman–Crippen LogP) is 1.87. The summed E-state index contributed by atoms with van der Waals surface area (Å²) in [5, 5.41) is 5.13. The van der Waals surface area contributed by atoms with Gasteiger partial charge in [-0.15, -0.1) is 0 Å². The van der Waals surface area contributed by atoms with Crippen molar-refractivity contribution in [3.8, 4) is 0 Å². The van der Waals surface area contributed by atoms with Gasteiger partial charge in [-0.3, -0.25) is 4.79 Å². The molecule has 1 aromatic rings. The first-order valence-electron chi connectivity index (χ1n) is 6.93. The normalized spacial score (nSPS) is 9.85. The quantitative estimate of drug-likeness (QED) is 0.713. The molecule has 0 saturated carbocycles. The van der Waals surface area contributed by atoms with Crippen molar-refractivity contribution in [3.63, 3.8) is 0 Å². The van der Waals surface area contributed by atoms with Gasteiger partial charge in [0, 0.05) is 6.54 Å². The Morgan fingerprint density at radius 3 is 2.55 bits per heavy atom. The molecule has 0 unspecified atom stereocenters. The van der Waals surface area contributed by atoms with Crippen LogP contribution in [-0.4, -0.2) is 31.7 Å². The minimum absolute atomic E-state index is 0.0441. The minimum atomic E-state index is -0.563. The van der Waals surface area contributed by atoms with E-state index < -0.39 is 6.09 Å². The van der Waals surface area contributed by atoms with Gasteiger partial charge in [0.05, 0.1) is 13.2 Å². The summed E-state index contributed by atoms with van der Waals surface area (Å²) in [5.41, 5.74) is 1.31. The number of unbranched alkanes of at least 4 members (excludes halogenated alkanes) is 1. The van der Waals surface area contributed by atoms with Crippen LogP contribution in [0.2, 0.25) is 0 Å². The highest BCUT2D eigenvalue weighted by atomic mass is 16.5. The molecule has 0 aliphatic heterocycles. The molecular weight excluding hydrogens is 256 g/mol. The van der Waals surface area contributed by atoms with Crippen molar-refractivity contribution in [1.29, 1.82) is 0 Å². The lowest BCUT2D eigenvalue weighted by atomic mass is 10.1. The van der Waals surface area contributed by atoms with Crippen molar-refractivity contribution < 1.29 is 14.3 Å². The molecule has 0 aliphatic carbocycles. The fourth-order valence-corrected chi connectivity index (χ4v) is 1.72. The monoisotopic (exact) mass is 278 g/mol. The molecule has 5 heteroatoms. The maximum absolute atomic E-state index is 11.4. The lowest BCUT2D eigenvalue weighted by Crippen LogP contribution is -2.37. The molecule has 20 heavy (non-hydrogen) atoms. The number of nitrogens with one attached hydrogen (secondary N) is 2. The Labute approximate surface area is 119 Å². The van der Waals surface area contributed by atoms with Crippen LogP contribution in [0.1, 0.15) is 25.3 Å². The van der Waals surface area contributed by atoms with Gasteiger partial charge in [-0.25, -0.2) is 4.79 Å². The number of carbonyl (C=O) groups excluding carboxylic acids is 2. The molecule has 1 rings (SSSR count). The zero-order valence-corrected chi connectivity index (χ0v) is 11.9. The zero-order valence-electron chi connectivity index (χ0n) is 11.9. The topological polar surface area (TPSA) is 67.4 Å². The second-order valence-electron chi connectivity index (χ2n) is 4.37. The van der Waals surface area contributed by atoms with Crippen LogP contribution >= 0.6 is 0 Å². The van der Waals surface area contributed by atoms with E-state index >= 15 is 0 Å². The Morgan fingerprint density at radius 1 is 1.10 bits per heavy atom. The van der Waals surface area contributed by atoms with E-state index in [1.807, 2.05) is 18.2 Å². The first-order valence-corrected chi connectivity index (χ1v) is 6.93. The van der Waals surface area contributed by atoms with E-state index in [9.17, 15) is 9.59 Å². The van der Waals surface area contributed by atoms with E-state index in [1.54, 1.807) is 6.92 Å². The Hall–Kier alpha value is -2.04. The van der Waals surface area contributed by atoms with Crippen molar-refractivity contribution >= 4 is 12.0 Å². The lowest BCUT2D eigenvalue weighted by molar-refractivity contribution is -0.120. The molecule has 0 saturated heterocycles. The summed E-state index contributed by atoms with van der Waals surface area (Å²) in [4.78, 5) is 22.4. The van der Waals surface area contributed by atoms with Crippen LogP contribution in [0, 0.1) is 0 Å². The number of ether oxygens (including phenoxy) is 1. The molecule has 0 radical (unpaired) electrons. The number of amides is 2. The van der Waals surface area contributed by atoms with E-state index in [1.165, 1.54) is 5.56 Å². The molecule has 1 aromatic carbocycles. The largest absolute Gasteiger partial charge is 0.450 e. The summed E-state index contributed by atoms with van der Waals surface area (Å²) >= 11 is 0. The first-order chi connectivity index (χ1) is 9.72. The van der Waals surface area contributed by atoms with Gasteiger partial charge in [-0.05, 0) is 31.7 Å². The number of hydrogen-bond acceptors (Lipinski definition) is 3.